The van der Waals surface area contributed by atoms with E-state index in [4.69, 9.17) is 4.74 Å². The van der Waals surface area contributed by atoms with Crippen molar-refractivity contribution in [2.45, 2.75) is 24.1 Å². The van der Waals surface area contributed by atoms with Crippen LogP contribution in [0.4, 0.5) is 13.2 Å². The maximum Gasteiger partial charge on any atom is 0.402 e. The third-order valence-electron chi connectivity index (χ3n) is 3.12. The Balaban J connectivity index is 2.30. The Bertz CT molecular complexity index is 467. The normalized spacial score (nSPS) is 26.5. The van der Waals surface area contributed by atoms with Gasteiger partial charge in [-0.25, -0.2) is 4.79 Å². The summed E-state index contributed by atoms with van der Waals surface area (Å²) in [4.78, 5) is 11.0. The first-order valence-electron chi connectivity index (χ1n) is 5.37. The molecule has 0 radical (unpaired) electrons. The summed E-state index contributed by atoms with van der Waals surface area (Å²) in [6.07, 6.45) is -4.98. The van der Waals surface area contributed by atoms with Crippen molar-refractivity contribution < 1.29 is 22.7 Å². The van der Waals surface area contributed by atoms with Crippen LogP contribution in [-0.4, -0.2) is 18.2 Å². The van der Waals surface area contributed by atoms with Crippen LogP contribution < -0.4 is 0 Å². The van der Waals surface area contributed by atoms with Crippen LogP contribution in [-0.2, 0) is 14.9 Å². The zero-order valence-corrected chi connectivity index (χ0v) is 9.41. The summed E-state index contributed by atoms with van der Waals surface area (Å²) in [5.41, 5.74) is -1.94. The molecule has 0 N–H and O–H groups in total. The summed E-state index contributed by atoms with van der Waals surface area (Å²) < 4.78 is 44.2. The third kappa shape index (κ3) is 1.89. The molecule has 0 aromatic heterocycles. The van der Waals surface area contributed by atoms with Gasteiger partial charge in [-0.3, -0.25) is 0 Å². The molecule has 2 rings (SSSR count). The van der Waals surface area contributed by atoms with Gasteiger partial charge in [0.15, 0.2) is 0 Å². The van der Waals surface area contributed by atoms with Gasteiger partial charge in [-0.1, -0.05) is 36.9 Å². The van der Waals surface area contributed by atoms with E-state index < -0.39 is 23.7 Å². The van der Waals surface area contributed by atoms with Crippen LogP contribution in [0.2, 0.25) is 0 Å². The lowest BCUT2D eigenvalue weighted by molar-refractivity contribution is -0.173. The smallest absolute Gasteiger partial charge is 0.402 e. The molecule has 1 fully saturated rings. The number of rotatable bonds is 3. The minimum Gasteiger partial charge on any atom is -0.458 e. The lowest BCUT2D eigenvalue weighted by atomic mass is 9.95. The quantitative estimate of drug-likeness (QED) is 0.614. The first-order chi connectivity index (χ1) is 8.41. The molecule has 1 aromatic rings. The van der Waals surface area contributed by atoms with Crippen molar-refractivity contribution in [3.63, 3.8) is 0 Å². The van der Waals surface area contributed by atoms with Crippen molar-refractivity contribution in [1.82, 2.24) is 0 Å². The molecular formula is C13H11F3O2. The zero-order chi connectivity index (χ0) is 13.4. The highest BCUT2D eigenvalue weighted by Gasteiger charge is 2.73. The van der Waals surface area contributed by atoms with E-state index in [0.29, 0.717) is 0 Å². The number of benzene rings is 1. The molecule has 96 valence electrons. The minimum absolute atomic E-state index is 0.124. The zero-order valence-electron chi connectivity index (χ0n) is 9.41. The molecular weight excluding hydrogens is 245 g/mol. The predicted molar refractivity (Wildman–Crippen MR) is 58.9 cm³/mol. The molecule has 1 aromatic carbocycles. The first kappa shape index (κ1) is 12.7. The summed E-state index contributed by atoms with van der Waals surface area (Å²) in [5, 5.41) is 0. The summed E-state index contributed by atoms with van der Waals surface area (Å²) >= 11 is 0. The Morgan fingerprint density at radius 3 is 2.50 bits per heavy atom. The van der Waals surface area contributed by atoms with Crippen LogP contribution in [0, 0.1) is 0 Å². The third-order valence-corrected chi connectivity index (χ3v) is 3.12. The predicted octanol–water partition coefficient (Wildman–Crippen LogP) is 2.99. The van der Waals surface area contributed by atoms with Crippen molar-refractivity contribution in [3.8, 4) is 0 Å². The molecule has 2 atom stereocenters. The van der Waals surface area contributed by atoms with Gasteiger partial charge in [-0.15, -0.1) is 0 Å². The largest absolute Gasteiger partial charge is 0.458 e. The highest BCUT2D eigenvalue weighted by Crippen LogP contribution is 2.60. The van der Waals surface area contributed by atoms with Crippen molar-refractivity contribution in [2.75, 3.05) is 0 Å². The van der Waals surface area contributed by atoms with Gasteiger partial charge < -0.3 is 4.74 Å². The SMILES string of the molecule is C=CC(=O)OC1CC1(c1ccccc1)C(F)(F)F. The molecule has 0 saturated heterocycles. The highest BCUT2D eigenvalue weighted by atomic mass is 19.4. The number of esters is 1. The molecule has 2 unspecified atom stereocenters. The lowest BCUT2D eigenvalue weighted by Gasteiger charge is -2.21. The van der Waals surface area contributed by atoms with Gasteiger partial charge in [0, 0.05) is 12.5 Å². The number of hydrogen-bond donors (Lipinski definition) is 0. The Kier molecular flexibility index (Phi) is 2.92. The number of carbonyl (C=O) groups excluding carboxylic acids is 1. The molecule has 1 aliphatic carbocycles. The second kappa shape index (κ2) is 4.15. The van der Waals surface area contributed by atoms with Gasteiger partial charge in [-0.2, -0.15) is 13.2 Å². The van der Waals surface area contributed by atoms with Crippen LogP contribution in [0.5, 0.6) is 0 Å². The number of carbonyl (C=O) groups is 1. The standard InChI is InChI=1S/C13H11F3O2/c1-2-11(17)18-10-8-12(10,13(14,15)16)9-6-4-3-5-7-9/h2-7,10H,1,8H2. The molecule has 5 heteroatoms. The summed E-state index contributed by atoms with van der Waals surface area (Å²) in [6, 6.07) is 7.51. The number of alkyl halides is 3. The van der Waals surface area contributed by atoms with E-state index in [1.807, 2.05) is 0 Å². The van der Waals surface area contributed by atoms with Crippen molar-refractivity contribution in [2.24, 2.45) is 0 Å². The van der Waals surface area contributed by atoms with Gasteiger partial charge >= 0.3 is 12.1 Å². The molecule has 18 heavy (non-hydrogen) atoms. The molecule has 2 nitrogen and oxygen atoms in total. The number of ether oxygens (including phenoxy) is 1. The average molecular weight is 256 g/mol. The van der Waals surface area contributed by atoms with E-state index in [9.17, 15) is 18.0 Å². The second-order valence-corrected chi connectivity index (χ2v) is 4.17. The van der Waals surface area contributed by atoms with E-state index in [1.165, 1.54) is 24.3 Å². The summed E-state index contributed by atoms with van der Waals surface area (Å²) in [5.74, 6) is -0.831. The molecule has 1 aliphatic rings. The van der Waals surface area contributed by atoms with Crippen LogP contribution in [0.1, 0.15) is 12.0 Å². The Morgan fingerprint density at radius 2 is 2.00 bits per heavy atom. The van der Waals surface area contributed by atoms with Crippen LogP contribution >= 0.6 is 0 Å². The molecule has 0 bridgehead atoms. The first-order valence-corrected chi connectivity index (χ1v) is 5.37. The second-order valence-electron chi connectivity index (χ2n) is 4.17. The van der Waals surface area contributed by atoms with E-state index in [-0.39, 0.29) is 12.0 Å². The monoisotopic (exact) mass is 256 g/mol. The minimum atomic E-state index is -4.44. The number of halogens is 3. The van der Waals surface area contributed by atoms with Crippen molar-refractivity contribution in [3.05, 3.63) is 48.6 Å². The fraction of sp³-hybridized carbons (Fsp3) is 0.308. The Labute approximate surface area is 102 Å². The Hall–Kier alpha value is -1.78. The van der Waals surface area contributed by atoms with E-state index in [2.05, 4.69) is 6.58 Å². The van der Waals surface area contributed by atoms with E-state index in [0.717, 1.165) is 6.08 Å². The van der Waals surface area contributed by atoms with Gasteiger partial charge in [-0.05, 0) is 5.56 Å². The fourth-order valence-electron chi connectivity index (χ4n) is 2.07. The molecule has 0 heterocycles. The van der Waals surface area contributed by atoms with Crippen LogP contribution in [0.15, 0.2) is 43.0 Å². The molecule has 0 amide bonds. The van der Waals surface area contributed by atoms with Gasteiger partial charge in [0.25, 0.3) is 0 Å². The molecule has 0 spiro atoms. The molecule has 0 aliphatic heterocycles. The lowest BCUT2D eigenvalue weighted by Crippen LogP contribution is -2.33. The van der Waals surface area contributed by atoms with Gasteiger partial charge in [0.05, 0.1) is 0 Å². The summed E-state index contributed by atoms with van der Waals surface area (Å²) in [6.45, 7) is 3.17. The highest BCUT2D eigenvalue weighted by molar-refractivity contribution is 5.81. The van der Waals surface area contributed by atoms with Gasteiger partial charge in [0.2, 0.25) is 0 Å². The molecule has 1 saturated carbocycles. The Morgan fingerprint density at radius 1 is 1.39 bits per heavy atom. The van der Waals surface area contributed by atoms with Crippen LogP contribution in [0.25, 0.3) is 0 Å². The number of hydrogen-bond acceptors (Lipinski definition) is 2. The van der Waals surface area contributed by atoms with E-state index in [1.54, 1.807) is 6.07 Å². The fourth-order valence-corrected chi connectivity index (χ4v) is 2.07. The maximum atomic E-state index is 13.2. The topological polar surface area (TPSA) is 26.3 Å². The van der Waals surface area contributed by atoms with Gasteiger partial charge in [0.1, 0.15) is 11.5 Å². The van der Waals surface area contributed by atoms with Crippen LogP contribution in [0.3, 0.4) is 0 Å². The average Bonchev–Trinajstić information content (AvgIpc) is 3.05. The van der Waals surface area contributed by atoms with E-state index >= 15 is 0 Å². The summed E-state index contributed by atoms with van der Waals surface area (Å²) in [7, 11) is 0. The van der Waals surface area contributed by atoms with Crippen molar-refractivity contribution >= 4 is 5.97 Å². The maximum absolute atomic E-state index is 13.2. The van der Waals surface area contributed by atoms with Crippen molar-refractivity contribution in [1.29, 1.82) is 0 Å².